The zero-order chi connectivity index (χ0) is 15.9. The van der Waals surface area contributed by atoms with Gasteiger partial charge in [0.15, 0.2) is 0 Å². The van der Waals surface area contributed by atoms with Crippen molar-refractivity contribution in [2.24, 2.45) is 0 Å². The van der Waals surface area contributed by atoms with Crippen LogP contribution in [0.15, 0.2) is 28.8 Å². The van der Waals surface area contributed by atoms with E-state index in [2.05, 4.69) is 15.5 Å². The highest BCUT2D eigenvalue weighted by Gasteiger charge is 2.13. The number of hydrogen-bond donors (Lipinski definition) is 1. The van der Waals surface area contributed by atoms with Gasteiger partial charge in [0, 0.05) is 31.6 Å². The summed E-state index contributed by atoms with van der Waals surface area (Å²) in [6.07, 6.45) is 0.730. The molecule has 6 heteroatoms. The van der Waals surface area contributed by atoms with Gasteiger partial charge in [-0.3, -0.25) is 4.79 Å². The fourth-order valence-electron chi connectivity index (χ4n) is 2.15. The molecule has 1 heterocycles. The molecule has 1 N–H and O–H groups in total. The van der Waals surface area contributed by atoms with Crippen molar-refractivity contribution in [2.45, 2.75) is 32.7 Å². The van der Waals surface area contributed by atoms with Crippen LogP contribution in [0.5, 0.6) is 0 Å². The Balaban J connectivity index is 1.90. The minimum Gasteiger partial charge on any atom is -0.383 e. The first kappa shape index (κ1) is 16.2. The lowest BCUT2D eigenvalue weighted by Gasteiger charge is -2.11. The Morgan fingerprint density at radius 1 is 1.41 bits per heavy atom. The summed E-state index contributed by atoms with van der Waals surface area (Å²) in [6.45, 7) is 4.38. The topological polar surface area (TPSA) is 77.2 Å². The van der Waals surface area contributed by atoms with Gasteiger partial charge in [0.05, 0.1) is 6.61 Å². The molecule has 1 amide bonds. The van der Waals surface area contributed by atoms with E-state index >= 15 is 0 Å². The molecule has 0 fully saturated rings. The number of carbonyl (C=O) groups excluding carboxylic acids is 1. The Hall–Kier alpha value is -2.21. The van der Waals surface area contributed by atoms with Crippen LogP contribution in [0.2, 0.25) is 0 Å². The van der Waals surface area contributed by atoms with E-state index in [1.165, 1.54) is 0 Å². The van der Waals surface area contributed by atoms with Crippen molar-refractivity contribution >= 4 is 5.91 Å². The summed E-state index contributed by atoms with van der Waals surface area (Å²) in [4.78, 5) is 16.1. The Morgan fingerprint density at radius 3 is 2.91 bits per heavy atom. The summed E-state index contributed by atoms with van der Waals surface area (Å²) in [7, 11) is 1.61. The molecular formula is C16H21N3O3. The lowest BCUT2D eigenvalue weighted by Crippen LogP contribution is -2.35. The minimum atomic E-state index is -0.0554. The van der Waals surface area contributed by atoms with Crippen molar-refractivity contribution < 1.29 is 14.1 Å². The first-order valence-electron chi connectivity index (χ1n) is 7.27. The second-order valence-corrected chi connectivity index (χ2v) is 5.25. The van der Waals surface area contributed by atoms with Crippen LogP contribution in [-0.4, -0.2) is 35.8 Å². The highest BCUT2D eigenvalue weighted by molar-refractivity contribution is 5.76. The number of hydrogen-bond acceptors (Lipinski definition) is 5. The lowest BCUT2D eigenvalue weighted by atomic mass is 10.1. The average Bonchev–Trinajstić information content (AvgIpc) is 2.94. The molecular weight excluding hydrogens is 282 g/mol. The number of ether oxygens (including phenoxy) is 1. The summed E-state index contributed by atoms with van der Waals surface area (Å²) < 4.78 is 10.2. The smallest absolute Gasteiger partial charge is 0.227 e. The Bertz CT molecular complexity index is 625. The molecule has 1 aromatic heterocycles. The summed E-state index contributed by atoms with van der Waals surface area (Å²) in [5.74, 6) is 0.967. The molecule has 0 aliphatic heterocycles. The van der Waals surface area contributed by atoms with Crippen LogP contribution in [0.4, 0.5) is 0 Å². The fraction of sp³-hybridized carbons (Fsp3) is 0.438. The maximum absolute atomic E-state index is 11.8. The highest BCUT2D eigenvalue weighted by Crippen LogP contribution is 2.20. The van der Waals surface area contributed by atoms with E-state index in [-0.39, 0.29) is 11.9 Å². The third kappa shape index (κ3) is 4.39. The monoisotopic (exact) mass is 303 g/mol. The maximum atomic E-state index is 11.8. The van der Waals surface area contributed by atoms with E-state index in [0.29, 0.717) is 31.2 Å². The van der Waals surface area contributed by atoms with Crippen molar-refractivity contribution in [2.75, 3.05) is 13.7 Å². The van der Waals surface area contributed by atoms with Crippen molar-refractivity contribution in [3.8, 4) is 11.4 Å². The molecule has 0 saturated heterocycles. The van der Waals surface area contributed by atoms with Gasteiger partial charge in [-0.1, -0.05) is 29.4 Å². The molecule has 0 unspecified atom stereocenters. The number of nitrogens with zero attached hydrogens (tertiary/aromatic N) is 2. The third-order valence-electron chi connectivity index (χ3n) is 3.24. The molecule has 0 aliphatic rings. The molecule has 0 bridgehead atoms. The van der Waals surface area contributed by atoms with Crippen molar-refractivity contribution in [3.05, 3.63) is 35.7 Å². The van der Waals surface area contributed by atoms with Crippen LogP contribution in [0, 0.1) is 6.92 Å². The minimum absolute atomic E-state index is 0.0114. The van der Waals surface area contributed by atoms with Gasteiger partial charge in [-0.05, 0) is 19.4 Å². The summed E-state index contributed by atoms with van der Waals surface area (Å²) in [5, 5.41) is 6.82. The fourth-order valence-corrected chi connectivity index (χ4v) is 2.15. The third-order valence-corrected chi connectivity index (χ3v) is 3.24. The summed E-state index contributed by atoms with van der Waals surface area (Å²) >= 11 is 0. The van der Waals surface area contributed by atoms with E-state index in [4.69, 9.17) is 9.26 Å². The largest absolute Gasteiger partial charge is 0.383 e. The zero-order valence-electron chi connectivity index (χ0n) is 13.1. The summed E-state index contributed by atoms with van der Waals surface area (Å²) in [5.41, 5.74) is 2.02. The molecule has 1 aromatic carbocycles. The van der Waals surface area contributed by atoms with Gasteiger partial charge in [-0.15, -0.1) is 0 Å². The Morgan fingerprint density at radius 2 is 2.18 bits per heavy atom. The summed E-state index contributed by atoms with van der Waals surface area (Å²) in [6, 6.07) is 7.83. The van der Waals surface area contributed by atoms with E-state index < -0.39 is 0 Å². The maximum Gasteiger partial charge on any atom is 0.227 e. The number of aryl methyl sites for hydroxylation is 2. The van der Waals surface area contributed by atoms with E-state index in [1.54, 1.807) is 7.11 Å². The molecule has 0 spiro atoms. The zero-order valence-corrected chi connectivity index (χ0v) is 13.1. The second-order valence-electron chi connectivity index (χ2n) is 5.25. The van der Waals surface area contributed by atoms with Gasteiger partial charge >= 0.3 is 0 Å². The van der Waals surface area contributed by atoms with Crippen LogP contribution in [-0.2, 0) is 16.0 Å². The highest BCUT2D eigenvalue weighted by atomic mass is 16.5. The van der Waals surface area contributed by atoms with Gasteiger partial charge in [0.1, 0.15) is 0 Å². The number of amides is 1. The normalized spacial score (nSPS) is 12.1. The van der Waals surface area contributed by atoms with Crippen LogP contribution < -0.4 is 5.32 Å². The second kappa shape index (κ2) is 7.70. The number of aromatic nitrogens is 2. The average molecular weight is 303 g/mol. The number of rotatable bonds is 7. The van der Waals surface area contributed by atoms with Gasteiger partial charge in [-0.2, -0.15) is 4.98 Å². The van der Waals surface area contributed by atoms with Crippen molar-refractivity contribution in [3.63, 3.8) is 0 Å². The standard InChI is InChI=1S/C16H21N3O3/c1-11-6-4-5-7-13(11)16-18-15(22-19-16)9-8-14(20)17-12(2)10-21-3/h4-7,12H,8-10H2,1-3H3,(H,17,20)/t12-/m1/s1. The molecule has 0 radical (unpaired) electrons. The van der Waals surface area contributed by atoms with Crippen LogP contribution in [0.3, 0.4) is 0 Å². The number of methoxy groups -OCH3 is 1. The van der Waals surface area contributed by atoms with Crippen molar-refractivity contribution in [1.29, 1.82) is 0 Å². The van der Waals surface area contributed by atoms with Gasteiger partial charge in [-0.25, -0.2) is 0 Å². The SMILES string of the molecule is COC[C@@H](C)NC(=O)CCc1nc(-c2ccccc2C)no1. The first-order chi connectivity index (χ1) is 10.6. The van der Waals surface area contributed by atoms with Crippen LogP contribution in [0.1, 0.15) is 24.8 Å². The predicted molar refractivity (Wildman–Crippen MR) is 82.3 cm³/mol. The number of benzene rings is 1. The predicted octanol–water partition coefficient (Wildman–Crippen LogP) is 2.13. The van der Waals surface area contributed by atoms with Gasteiger partial charge in [0.25, 0.3) is 0 Å². The van der Waals surface area contributed by atoms with E-state index in [9.17, 15) is 4.79 Å². The Labute approximate surface area is 129 Å². The molecule has 2 rings (SSSR count). The van der Waals surface area contributed by atoms with Crippen molar-refractivity contribution in [1.82, 2.24) is 15.5 Å². The first-order valence-corrected chi connectivity index (χ1v) is 7.27. The van der Waals surface area contributed by atoms with Crippen LogP contribution in [0.25, 0.3) is 11.4 Å². The molecule has 6 nitrogen and oxygen atoms in total. The lowest BCUT2D eigenvalue weighted by molar-refractivity contribution is -0.122. The van der Waals surface area contributed by atoms with E-state index in [1.807, 2.05) is 38.1 Å². The quantitative estimate of drug-likeness (QED) is 0.848. The molecule has 0 saturated carbocycles. The number of carbonyl (C=O) groups is 1. The van der Waals surface area contributed by atoms with E-state index in [0.717, 1.165) is 11.1 Å². The molecule has 2 aromatic rings. The molecule has 22 heavy (non-hydrogen) atoms. The molecule has 118 valence electrons. The number of nitrogens with one attached hydrogen (secondary N) is 1. The molecule has 1 atom stereocenters. The Kier molecular flexibility index (Phi) is 5.66. The van der Waals surface area contributed by atoms with Gasteiger partial charge < -0.3 is 14.6 Å². The van der Waals surface area contributed by atoms with Gasteiger partial charge in [0.2, 0.25) is 17.6 Å². The molecule has 0 aliphatic carbocycles. The van der Waals surface area contributed by atoms with Crippen LogP contribution >= 0.6 is 0 Å².